The third kappa shape index (κ3) is 2.95. The maximum absolute atomic E-state index is 12.8. The van der Waals surface area contributed by atoms with Crippen molar-refractivity contribution in [1.29, 1.82) is 5.26 Å². The molecule has 0 spiro atoms. The van der Waals surface area contributed by atoms with Crippen molar-refractivity contribution in [2.75, 3.05) is 6.26 Å². The SMILES string of the molecule is CSc1ccc2cc(Cn3c(=O)c(C#N)c4n(c3=O)CCC4)c(Cl)nc2c1. The first-order valence-electron chi connectivity index (χ1n) is 8.43. The van der Waals surface area contributed by atoms with E-state index in [9.17, 15) is 14.9 Å². The minimum absolute atomic E-state index is 0.0152. The van der Waals surface area contributed by atoms with Crippen molar-refractivity contribution in [3.8, 4) is 6.07 Å². The van der Waals surface area contributed by atoms with Crippen LogP contribution in [0.1, 0.15) is 23.2 Å². The van der Waals surface area contributed by atoms with Gasteiger partial charge < -0.3 is 0 Å². The molecule has 0 saturated heterocycles. The summed E-state index contributed by atoms with van der Waals surface area (Å²) in [5, 5.41) is 10.5. The van der Waals surface area contributed by atoms with Gasteiger partial charge in [0.15, 0.2) is 0 Å². The molecule has 0 unspecified atom stereocenters. The minimum atomic E-state index is -0.565. The van der Waals surface area contributed by atoms with Crippen LogP contribution >= 0.6 is 23.4 Å². The van der Waals surface area contributed by atoms with E-state index in [0.717, 1.165) is 26.8 Å². The van der Waals surface area contributed by atoms with E-state index in [0.29, 0.717) is 24.2 Å². The average Bonchev–Trinajstić information content (AvgIpc) is 3.15. The van der Waals surface area contributed by atoms with Crippen molar-refractivity contribution >= 4 is 34.3 Å². The molecule has 0 aliphatic carbocycles. The van der Waals surface area contributed by atoms with Crippen molar-refractivity contribution in [2.24, 2.45) is 0 Å². The number of thioether (sulfide) groups is 1. The van der Waals surface area contributed by atoms with E-state index in [-0.39, 0.29) is 17.3 Å². The monoisotopic (exact) mass is 398 g/mol. The van der Waals surface area contributed by atoms with Gasteiger partial charge in [-0.2, -0.15) is 5.26 Å². The van der Waals surface area contributed by atoms with Crippen LogP contribution in [0.4, 0.5) is 0 Å². The van der Waals surface area contributed by atoms with Crippen molar-refractivity contribution in [1.82, 2.24) is 14.1 Å². The molecule has 3 heterocycles. The molecule has 8 heteroatoms. The summed E-state index contributed by atoms with van der Waals surface area (Å²) in [6.07, 6.45) is 3.31. The predicted octanol–water partition coefficient (Wildman–Crippen LogP) is 2.80. The van der Waals surface area contributed by atoms with Gasteiger partial charge in [-0.25, -0.2) is 9.78 Å². The number of hydrogen-bond donors (Lipinski definition) is 0. The Balaban J connectivity index is 1.86. The van der Waals surface area contributed by atoms with E-state index in [1.807, 2.05) is 36.6 Å². The van der Waals surface area contributed by atoms with Crippen molar-refractivity contribution in [3.63, 3.8) is 0 Å². The summed E-state index contributed by atoms with van der Waals surface area (Å²) < 4.78 is 2.60. The van der Waals surface area contributed by atoms with Crippen LogP contribution in [-0.4, -0.2) is 20.4 Å². The third-order valence-corrected chi connectivity index (χ3v) is 5.87. The van der Waals surface area contributed by atoms with Crippen LogP contribution < -0.4 is 11.2 Å². The number of halogens is 1. The summed E-state index contributed by atoms with van der Waals surface area (Å²) in [4.78, 5) is 31.0. The van der Waals surface area contributed by atoms with Gasteiger partial charge in [-0.15, -0.1) is 11.8 Å². The average molecular weight is 399 g/mol. The Morgan fingerprint density at radius 2 is 2.15 bits per heavy atom. The molecule has 0 saturated carbocycles. The number of nitrogens with zero attached hydrogens (tertiary/aromatic N) is 4. The lowest BCUT2D eigenvalue weighted by atomic mass is 10.1. The van der Waals surface area contributed by atoms with Gasteiger partial charge in [0, 0.05) is 28.1 Å². The normalized spacial score (nSPS) is 12.9. The Hall–Kier alpha value is -2.56. The molecule has 1 aliphatic rings. The summed E-state index contributed by atoms with van der Waals surface area (Å²) in [6, 6.07) is 9.66. The molecule has 0 atom stereocenters. The summed E-state index contributed by atoms with van der Waals surface area (Å²) in [6.45, 7) is 0.503. The molecule has 6 nitrogen and oxygen atoms in total. The van der Waals surface area contributed by atoms with Gasteiger partial charge in [0.25, 0.3) is 5.56 Å². The predicted molar refractivity (Wildman–Crippen MR) is 106 cm³/mol. The number of fused-ring (bicyclic) bond motifs is 2. The molecule has 0 amide bonds. The molecule has 136 valence electrons. The molecule has 0 N–H and O–H groups in total. The molecule has 4 rings (SSSR count). The van der Waals surface area contributed by atoms with Crippen LogP contribution in [0, 0.1) is 11.3 Å². The smallest absolute Gasteiger partial charge is 0.296 e. The van der Waals surface area contributed by atoms with Crippen LogP contribution in [0.2, 0.25) is 5.15 Å². The molecule has 3 aromatic rings. The van der Waals surface area contributed by atoms with Gasteiger partial charge in [0.05, 0.1) is 12.1 Å². The first-order chi connectivity index (χ1) is 13.0. The van der Waals surface area contributed by atoms with E-state index in [2.05, 4.69) is 4.98 Å². The van der Waals surface area contributed by atoms with E-state index in [1.165, 1.54) is 4.57 Å². The van der Waals surface area contributed by atoms with Gasteiger partial charge in [-0.05, 0) is 37.3 Å². The maximum Gasteiger partial charge on any atom is 0.331 e. The highest BCUT2D eigenvalue weighted by Crippen LogP contribution is 2.25. The highest BCUT2D eigenvalue weighted by Gasteiger charge is 2.23. The second-order valence-electron chi connectivity index (χ2n) is 6.36. The zero-order chi connectivity index (χ0) is 19.1. The number of benzene rings is 1. The van der Waals surface area contributed by atoms with Crippen LogP contribution in [0.15, 0.2) is 38.8 Å². The molecule has 27 heavy (non-hydrogen) atoms. The fourth-order valence-electron chi connectivity index (χ4n) is 3.46. The maximum atomic E-state index is 12.8. The molecule has 0 radical (unpaired) electrons. The quantitative estimate of drug-likeness (QED) is 0.500. The molecular weight excluding hydrogens is 384 g/mol. The number of aromatic nitrogens is 3. The second-order valence-corrected chi connectivity index (χ2v) is 7.60. The number of rotatable bonds is 3. The van der Waals surface area contributed by atoms with Crippen molar-refractivity contribution in [3.05, 3.63) is 67.1 Å². The first kappa shape index (κ1) is 17.8. The lowest BCUT2D eigenvalue weighted by Crippen LogP contribution is -2.42. The zero-order valence-corrected chi connectivity index (χ0v) is 16.1. The number of pyridine rings is 1. The highest BCUT2D eigenvalue weighted by atomic mass is 35.5. The Morgan fingerprint density at radius 1 is 1.33 bits per heavy atom. The molecule has 0 bridgehead atoms. The van der Waals surface area contributed by atoms with E-state index in [4.69, 9.17) is 11.6 Å². The highest BCUT2D eigenvalue weighted by molar-refractivity contribution is 7.98. The third-order valence-electron chi connectivity index (χ3n) is 4.82. The lowest BCUT2D eigenvalue weighted by molar-refractivity contribution is 0.601. The van der Waals surface area contributed by atoms with Gasteiger partial charge in [0.2, 0.25) is 0 Å². The molecule has 0 fully saturated rings. The standard InChI is InChI=1S/C19H15ClN4O2S/c1-27-13-5-4-11-7-12(17(20)22-15(11)8-13)10-24-18(25)14(9-21)16-3-2-6-23(16)19(24)26/h4-5,7-8H,2-3,6,10H2,1H3. The Kier molecular flexibility index (Phi) is 4.54. The summed E-state index contributed by atoms with van der Waals surface area (Å²) in [5.41, 5.74) is 0.941. The Bertz CT molecular complexity index is 1240. The molecule has 1 aromatic carbocycles. The van der Waals surface area contributed by atoms with Crippen LogP contribution in [-0.2, 0) is 19.5 Å². The fraction of sp³-hybridized carbons (Fsp3) is 0.263. The van der Waals surface area contributed by atoms with Crippen LogP contribution in [0.25, 0.3) is 10.9 Å². The number of hydrogen-bond acceptors (Lipinski definition) is 5. The molecular formula is C19H15ClN4O2S. The summed E-state index contributed by atoms with van der Waals surface area (Å²) >= 11 is 7.95. The zero-order valence-electron chi connectivity index (χ0n) is 14.5. The Morgan fingerprint density at radius 3 is 2.89 bits per heavy atom. The van der Waals surface area contributed by atoms with Crippen molar-refractivity contribution in [2.45, 2.75) is 30.8 Å². The van der Waals surface area contributed by atoms with Gasteiger partial charge in [-0.1, -0.05) is 17.7 Å². The molecule has 2 aromatic heterocycles. The van der Waals surface area contributed by atoms with Crippen LogP contribution in [0.5, 0.6) is 0 Å². The van der Waals surface area contributed by atoms with Gasteiger partial charge in [-0.3, -0.25) is 13.9 Å². The second kappa shape index (κ2) is 6.87. The van der Waals surface area contributed by atoms with E-state index >= 15 is 0 Å². The van der Waals surface area contributed by atoms with Crippen molar-refractivity contribution < 1.29 is 0 Å². The first-order valence-corrected chi connectivity index (χ1v) is 10.0. The largest absolute Gasteiger partial charge is 0.331 e. The number of nitriles is 1. The summed E-state index contributed by atoms with van der Waals surface area (Å²) in [7, 11) is 0. The fourth-order valence-corrected chi connectivity index (χ4v) is 4.10. The Labute approximate surface area is 164 Å². The van der Waals surface area contributed by atoms with E-state index < -0.39 is 11.2 Å². The topological polar surface area (TPSA) is 80.7 Å². The molecule has 1 aliphatic heterocycles. The van der Waals surface area contributed by atoms with E-state index in [1.54, 1.807) is 11.8 Å². The van der Waals surface area contributed by atoms with Gasteiger partial charge in [0.1, 0.15) is 16.8 Å². The minimum Gasteiger partial charge on any atom is -0.296 e. The summed E-state index contributed by atoms with van der Waals surface area (Å²) in [5.74, 6) is 0. The van der Waals surface area contributed by atoms with Gasteiger partial charge >= 0.3 is 5.69 Å². The van der Waals surface area contributed by atoms with Crippen LogP contribution in [0.3, 0.4) is 0 Å². The lowest BCUT2D eigenvalue weighted by Gasteiger charge is -2.12.